The van der Waals surface area contributed by atoms with Crippen LogP contribution < -0.4 is 15.8 Å². The minimum Gasteiger partial charge on any atom is -0.438 e. The number of hydrogen-bond acceptors (Lipinski definition) is 4. The molecule has 1 unspecified atom stereocenters. The summed E-state index contributed by atoms with van der Waals surface area (Å²) in [6.07, 6.45) is 2.49. The third-order valence-corrected chi connectivity index (χ3v) is 3.43. The van der Waals surface area contributed by atoms with E-state index in [-0.39, 0.29) is 42.6 Å². The van der Waals surface area contributed by atoms with Crippen LogP contribution in [0.2, 0.25) is 10.0 Å². The molecule has 0 saturated heterocycles. The summed E-state index contributed by atoms with van der Waals surface area (Å²) in [7, 11) is 0. The minimum absolute atomic E-state index is 0. The first-order valence-corrected chi connectivity index (χ1v) is 7.84. The van der Waals surface area contributed by atoms with Crippen molar-refractivity contribution < 1.29 is 9.53 Å². The summed E-state index contributed by atoms with van der Waals surface area (Å²) in [5, 5.41) is 3.56. The third-order valence-electron chi connectivity index (χ3n) is 2.95. The summed E-state index contributed by atoms with van der Waals surface area (Å²) >= 11 is 11.8. The summed E-state index contributed by atoms with van der Waals surface area (Å²) in [5.41, 5.74) is 6.31. The molecule has 1 atom stereocenters. The highest BCUT2D eigenvalue weighted by Crippen LogP contribution is 2.29. The van der Waals surface area contributed by atoms with Gasteiger partial charge in [-0.2, -0.15) is 0 Å². The van der Waals surface area contributed by atoms with Crippen molar-refractivity contribution in [2.75, 3.05) is 5.32 Å². The highest BCUT2D eigenvalue weighted by molar-refractivity contribution is 6.35. The molecule has 0 bridgehead atoms. The number of nitrogens with one attached hydrogen (secondary N) is 1. The Morgan fingerprint density at radius 2 is 1.92 bits per heavy atom. The van der Waals surface area contributed by atoms with Crippen LogP contribution in [0.5, 0.6) is 11.6 Å². The number of nitrogens with zero attached hydrogens (tertiary/aromatic N) is 1. The van der Waals surface area contributed by atoms with E-state index < -0.39 is 0 Å². The predicted octanol–water partition coefficient (Wildman–Crippen LogP) is 5.09. The molecule has 0 saturated carbocycles. The summed E-state index contributed by atoms with van der Waals surface area (Å²) in [4.78, 5) is 15.7. The molecule has 3 N–H and O–H groups in total. The van der Waals surface area contributed by atoms with Crippen LogP contribution in [0.3, 0.4) is 0 Å². The van der Waals surface area contributed by atoms with Crippen molar-refractivity contribution in [1.82, 2.24) is 4.98 Å². The van der Waals surface area contributed by atoms with Crippen molar-refractivity contribution >= 4 is 59.6 Å². The van der Waals surface area contributed by atoms with Gasteiger partial charge in [0.05, 0.1) is 5.02 Å². The zero-order valence-corrected chi connectivity index (χ0v) is 16.5. The summed E-state index contributed by atoms with van der Waals surface area (Å²) < 4.78 is 5.57. The van der Waals surface area contributed by atoms with Gasteiger partial charge in [0.1, 0.15) is 10.8 Å². The Bertz CT molecular complexity index is 682. The summed E-state index contributed by atoms with van der Waals surface area (Å²) in [6, 6.07) is 8.47. The number of pyridine rings is 1. The van der Waals surface area contributed by atoms with Crippen LogP contribution in [-0.2, 0) is 4.79 Å². The SMILES string of the molecule is CC(N)CCC(=O)Nc1ccc(Oc2ncc(Cl)cc2Cl)cc1.Cl.Cl. The standard InChI is InChI=1S/C16H17Cl2N3O2.2ClH/c1-10(19)2-7-15(22)21-12-3-5-13(6-4-12)23-16-14(18)8-11(17)9-20-16;;/h3-6,8-10H,2,7,19H2,1H3,(H,21,22);2*1H. The van der Waals surface area contributed by atoms with Gasteiger partial charge in [-0.15, -0.1) is 24.8 Å². The van der Waals surface area contributed by atoms with E-state index in [4.69, 9.17) is 33.7 Å². The van der Waals surface area contributed by atoms with E-state index in [0.717, 1.165) is 0 Å². The number of nitrogens with two attached hydrogens (primary N) is 1. The van der Waals surface area contributed by atoms with E-state index in [1.165, 1.54) is 6.20 Å². The maximum Gasteiger partial charge on any atom is 0.238 e. The molecule has 0 fully saturated rings. The smallest absolute Gasteiger partial charge is 0.238 e. The number of carbonyl (C=O) groups excluding carboxylic acids is 1. The molecule has 0 aliphatic heterocycles. The van der Waals surface area contributed by atoms with Crippen molar-refractivity contribution in [3.63, 3.8) is 0 Å². The normalized spacial score (nSPS) is 10.9. The average molecular weight is 427 g/mol. The van der Waals surface area contributed by atoms with Crippen LogP contribution in [0.25, 0.3) is 0 Å². The van der Waals surface area contributed by atoms with Crippen molar-refractivity contribution in [2.45, 2.75) is 25.8 Å². The largest absolute Gasteiger partial charge is 0.438 e. The molecule has 9 heteroatoms. The Morgan fingerprint density at radius 3 is 2.48 bits per heavy atom. The summed E-state index contributed by atoms with van der Waals surface area (Å²) in [6.45, 7) is 1.87. The number of halogens is 4. The van der Waals surface area contributed by atoms with Gasteiger partial charge >= 0.3 is 0 Å². The van der Waals surface area contributed by atoms with Crippen LogP contribution in [0.1, 0.15) is 19.8 Å². The lowest BCUT2D eigenvalue weighted by molar-refractivity contribution is -0.116. The predicted molar refractivity (Wildman–Crippen MR) is 107 cm³/mol. The number of hydrogen-bond donors (Lipinski definition) is 2. The molecule has 1 heterocycles. The monoisotopic (exact) mass is 425 g/mol. The number of aromatic nitrogens is 1. The lowest BCUT2D eigenvalue weighted by Gasteiger charge is -2.09. The molecule has 1 amide bonds. The van der Waals surface area contributed by atoms with Crippen LogP contribution in [0.15, 0.2) is 36.5 Å². The molecule has 0 aliphatic carbocycles. The molecule has 0 radical (unpaired) electrons. The van der Waals surface area contributed by atoms with E-state index in [0.29, 0.717) is 34.3 Å². The minimum atomic E-state index is -0.0709. The molecule has 0 aliphatic rings. The number of amides is 1. The van der Waals surface area contributed by atoms with E-state index in [1.807, 2.05) is 6.92 Å². The van der Waals surface area contributed by atoms with Gasteiger partial charge in [0, 0.05) is 24.3 Å². The van der Waals surface area contributed by atoms with Gasteiger partial charge in [-0.1, -0.05) is 23.2 Å². The van der Waals surface area contributed by atoms with Crippen LogP contribution in [0, 0.1) is 0 Å². The first-order valence-electron chi connectivity index (χ1n) is 7.08. The number of benzene rings is 1. The van der Waals surface area contributed by atoms with Gasteiger partial charge in [-0.3, -0.25) is 4.79 Å². The third kappa shape index (κ3) is 8.12. The van der Waals surface area contributed by atoms with Crippen LogP contribution in [0.4, 0.5) is 5.69 Å². The Balaban J connectivity index is 0.00000288. The molecule has 5 nitrogen and oxygen atoms in total. The molecule has 2 rings (SSSR count). The maximum atomic E-state index is 11.7. The first kappa shape index (κ1) is 23.8. The van der Waals surface area contributed by atoms with E-state index in [9.17, 15) is 4.79 Å². The lowest BCUT2D eigenvalue weighted by atomic mass is 10.2. The Morgan fingerprint density at radius 1 is 1.28 bits per heavy atom. The average Bonchev–Trinajstić information content (AvgIpc) is 2.50. The number of anilines is 1. The molecular formula is C16H19Cl4N3O2. The van der Waals surface area contributed by atoms with Gasteiger partial charge in [0.2, 0.25) is 11.8 Å². The van der Waals surface area contributed by atoms with Gasteiger partial charge in [-0.25, -0.2) is 4.98 Å². The van der Waals surface area contributed by atoms with Crippen molar-refractivity contribution in [3.8, 4) is 11.6 Å². The van der Waals surface area contributed by atoms with Crippen LogP contribution in [-0.4, -0.2) is 16.9 Å². The van der Waals surface area contributed by atoms with E-state index in [1.54, 1.807) is 30.3 Å². The fraction of sp³-hybridized carbons (Fsp3) is 0.250. The molecule has 25 heavy (non-hydrogen) atoms. The highest BCUT2D eigenvalue weighted by Gasteiger charge is 2.07. The topological polar surface area (TPSA) is 77.2 Å². The summed E-state index contributed by atoms with van der Waals surface area (Å²) in [5.74, 6) is 0.749. The highest BCUT2D eigenvalue weighted by atomic mass is 35.5. The van der Waals surface area contributed by atoms with Crippen molar-refractivity contribution in [2.24, 2.45) is 5.73 Å². The second-order valence-corrected chi connectivity index (χ2v) is 5.97. The lowest BCUT2D eigenvalue weighted by Crippen LogP contribution is -2.19. The fourth-order valence-corrected chi connectivity index (χ4v) is 2.20. The second kappa shape index (κ2) is 11.4. The Kier molecular flexibility index (Phi) is 10.8. The molecule has 0 spiro atoms. The van der Waals surface area contributed by atoms with Gasteiger partial charge in [-0.05, 0) is 43.7 Å². The van der Waals surface area contributed by atoms with E-state index in [2.05, 4.69) is 10.3 Å². The maximum absolute atomic E-state index is 11.7. The van der Waals surface area contributed by atoms with E-state index >= 15 is 0 Å². The Hall–Kier alpha value is -1.24. The van der Waals surface area contributed by atoms with Gasteiger partial charge in [0.25, 0.3) is 0 Å². The quantitative estimate of drug-likeness (QED) is 0.674. The molecule has 138 valence electrons. The zero-order chi connectivity index (χ0) is 16.8. The van der Waals surface area contributed by atoms with Crippen molar-refractivity contribution in [1.29, 1.82) is 0 Å². The van der Waals surface area contributed by atoms with Gasteiger partial charge in [0.15, 0.2) is 0 Å². The first-order chi connectivity index (χ1) is 10.9. The number of rotatable bonds is 6. The fourth-order valence-electron chi connectivity index (χ4n) is 1.78. The number of ether oxygens (including phenoxy) is 1. The van der Waals surface area contributed by atoms with Gasteiger partial charge < -0.3 is 15.8 Å². The van der Waals surface area contributed by atoms with Crippen molar-refractivity contribution in [3.05, 3.63) is 46.6 Å². The molecular weight excluding hydrogens is 408 g/mol. The molecule has 1 aromatic carbocycles. The molecule has 2 aromatic rings. The Labute approximate surface area is 169 Å². The number of carbonyl (C=O) groups is 1. The zero-order valence-electron chi connectivity index (χ0n) is 13.4. The second-order valence-electron chi connectivity index (χ2n) is 5.13. The van der Waals surface area contributed by atoms with Crippen LogP contribution >= 0.6 is 48.0 Å². The molecule has 1 aromatic heterocycles.